The number of amides is 1. The summed E-state index contributed by atoms with van der Waals surface area (Å²) in [5.74, 6) is -1.70. The van der Waals surface area contributed by atoms with E-state index in [1.165, 1.54) is 18.2 Å². The number of alkyl halides is 3. The highest BCUT2D eigenvalue weighted by Crippen LogP contribution is 2.31. The molecule has 0 radical (unpaired) electrons. The number of carbonyl (C=O) groups is 1. The topological polar surface area (TPSA) is 88.2 Å². The zero-order valence-corrected chi connectivity index (χ0v) is 21.1. The minimum absolute atomic E-state index is 0.0252. The van der Waals surface area contributed by atoms with Crippen molar-refractivity contribution in [1.29, 1.82) is 0 Å². The Bertz CT molecular complexity index is 1180. The van der Waals surface area contributed by atoms with E-state index in [-0.39, 0.29) is 24.6 Å². The predicted octanol–water partition coefficient (Wildman–Crippen LogP) is 4.83. The third kappa shape index (κ3) is 7.73. The van der Waals surface area contributed by atoms with E-state index < -0.39 is 39.5 Å². The van der Waals surface area contributed by atoms with Crippen LogP contribution in [0, 0.1) is 11.7 Å². The lowest BCUT2D eigenvalue weighted by molar-refractivity contribution is -0.141. The lowest BCUT2D eigenvalue weighted by atomic mass is 9.85. The Hall–Kier alpha value is -2.53. The van der Waals surface area contributed by atoms with Crippen molar-refractivity contribution in [3.8, 4) is 0 Å². The van der Waals surface area contributed by atoms with Gasteiger partial charge in [0.15, 0.2) is 0 Å². The number of halogens is 4. The molecule has 1 atom stereocenters. The summed E-state index contributed by atoms with van der Waals surface area (Å²) in [6, 6.07) is 6.42. The number of benzene rings is 1. The first-order chi connectivity index (χ1) is 16.8. The molecule has 1 unspecified atom stereocenters. The molecule has 198 valence electrons. The van der Waals surface area contributed by atoms with E-state index >= 15 is 0 Å². The number of sulfonamides is 1. The van der Waals surface area contributed by atoms with E-state index in [4.69, 9.17) is 0 Å². The zero-order valence-electron chi connectivity index (χ0n) is 20.3. The molecule has 0 saturated heterocycles. The third-order valence-corrected chi connectivity index (χ3v) is 7.21. The quantitative estimate of drug-likeness (QED) is 0.456. The van der Waals surface area contributed by atoms with Gasteiger partial charge in [0.05, 0.1) is 12.2 Å². The number of nitrogens with one attached hydrogen (secondary N) is 2. The van der Waals surface area contributed by atoms with Crippen molar-refractivity contribution in [2.24, 2.45) is 5.92 Å². The Labute approximate surface area is 208 Å². The molecule has 3 rings (SSSR count). The number of nitrogens with zero attached hydrogens (tertiary/aromatic N) is 1. The summed E-state index contributed by atoms with van der Waals surface area (Å²) >= 11 is 0. The summed E-state index contributed by atoms with van der Waals surface area (Å²) in [4.78, 5) is 16.8. The molecule has 11 heteroatoms. The monoisotopic (exact) mass is 529 g/mol. The lowest BCUT2D eigenvalue weighted by Crippen LogP contribution is -2.30. The number of rotatable bonds is 9. The van der Waals surface area contributed by atoms with Crippen molar-refractivity contribution >= 4 is 15.9 Å². The largest absolute Gasteiger partial charge is 0.433 e. The molecule has 1 aliphatic rings. The van der Waals surface area contributed by atoms with Gasteiger partial charge in [-0.1, -0.05) is 50.3 Å². The van der Waals surface area contributed by atoms with Crippen LogP contribution in [0.15, 0.2) is 30.3 Å². The van der Waals surface area contributed by atoms with E-state index in [2.05, 4.69) is 15.0 Å². The van der Waals surface area contributed by atoms with E-state index in [1.54, 1.807) is 13.0 Å². The summed E-state index contributed by atoms with van der Waals surface area (Å²) in [7, 11) is -3.58. The second kappa shape index (κ2) is 11.7. The minimum Gasteiger partial charge on any atom is -0.351 e. The summed E-state index contributed by atoms with van der Waals surface area (Å²) in [6.45, 7) is 1.22. The van der Waals surface area contributed by atoms with Crippen molar-refractivity contribution in [2.45, 2.75) is 70.6 Å². The SMILES string of the molecule is CC(C(=O)NCc1ccc(C(F)(F)F)nc1CC1CCCCC1)c1cccc(F)c1CNS(C)(=O)=O. The Kier molecular flexibility index (Phi) is 9.10. The third-order valence-electron chi connectivity index (χ3n) is 6.54. The van der Waals surface area contributed by atoms with Crippen LogP contribution in [0.5, 0.6) is 0 Å². The van der Waals surface area contributed by atoms with Crippen LogP contribution in [0.2, 0.25) is 0 Å². The molecule has 1 heterocycles. The van der Waals surface area contributed by atoms with Gasteiger partial charge in [0, 0.05) is 24.3 Å². The number of pyridine rings is 1. The van der Waals surface area contributed by atoms with Crippen LogP contribution in [-0.4, -0.2) is 25.6 Å². The fourth-order valence-electron chi connectivity index (χ4n) is 4.54. The summed E-state index contributed by atoms with van der Waals surface area (Å²) in [5.41, 5.74) is 0.247. The van der Waals surface area contributed by atoms with Gasteiger partial charge >= 0.3 is 6.18 Å². The molecule has 1 aromatic heterocycles. The van der Waals surface area contributed by atoms with Crippen LogP contribution in [-0.2, 0) is 40.5 Å². The maximum atomic E-state index is 14.4. The van der Waals surface area contributed by atoms with Crippen LogP contribution in [0.1, 0.15) is 73.0 Å². The van der Waals surface area contributed by atoms with Gasteiger partial charge in [-0.2, -0.15) is 13.2 Å². The van der Waals surface area contributed by atoms with Gasteiger partial charge in [-0.15, -0.1) is 0 Å². The Morgan fingerprint density at radius 3 is 2.44 bits per heavy atom. The van der Waals surface area contributed by atoms with Crippen molar-refractivity contribution in [3.05, 3.63) is 64.2 Å². The minimum atomic E-state index is -4.56. The van der Waals surface area contributed by atoms with Crippen LogP contribution in [0.4, 0.5) is 17.6 Å². The molecule has 0 aliphatic heterocycles. The summed E-state index contributed by atoms with van der Waals surface area (Å²) < 4.78 is 79.5. The molecule has 2 N–H and O–H groups in total. The molecule has 1 fully saturated rings. The number of hydrogen-bond acceptors (Lipinski definition) is 4. The molecule has 0 spiro atoms. The molecular formula is C25H31F4N3O3S. The van der Waals surface area contributed by atoms with E-state index in [0.717, 1.165) is 44.4 Å². The smallest absolute Gasteiger partial charge is 0.351 e. The second-order valence-electron chi connectivity index (χ2n) is 9.35. The van der Waals surface area contributed by atoms with Crippen molar-refractivity contribution in [2.75, 3.05) is 6.26 Å². The second-order valence-corrected chi connectivity index (χ2v) is 11.2. The first-order valence-electron chi connectivity index (χ1n) is 11.9. The molecule has 1 saturated carbocycles. The number of hydrogen-bond donors (Lipinski definition) is 2. The van der Waals surface area contributed by atoms with Gasteiger partial charge in [-0.05, 0) is 42.5 Å². The molecule has 2 aromatic rings. The normalized spacial score (nSPS) is 16.1. The average molecular weight is 530 g/mol. The highest BCUT2D eigenvalue weighted by Gasteiger charge is 2.33. The lowest BCUT2D eigenvalue weighted by Gasteiger charge is -2.23. The molecule has 1 aromatic carbocycles. The fourth-order valence-corrected chi connectivity index (χ4v) is 4.94. The van der Waals surface area contributed by atoms with Crippen molar-refractivity contribution in [3.63, 3.8) is 0 Å². The summed E-state index contributed by atoms with van der Waals surface area (Å²) in [6.07, 6.45) is 1.87. The first-order valence-corrected chi connectivity index (χ1v) is 13.8. The molecule has 0 bridgehead atoms. The fraction of sp³-hybridized carbons (Fsp3) is 0.520. The van der Waals surface area contributed by atoms with Crippen LogP contribution in [0.25, 0.3) is 0 Å². The molecule has 6 nitrogen and oxygen atoms in total. The standard InChI is InChI=1S/C25H31F4N3O3S/c1-16(19-9-6-10-21(26)20(19)15-31-36(2,34)35)24(33)30-14-18-11-12-23(25(27,28)29)32-22(18)13-17-7-4-3-5-8-17/h6,9-12,16-17,31H,3-5,7-8,13-15H2,1-2H3,(H,30,33). The highest BCUT2D eigenvalue weighted by molar-refractivity contribution is 7.88. The Balaban J connectivity index is 1.77. The van der Waals surface area contributed by atoms with Crippen LogP contribution < -0.4 is 10.0 Å². The van der Waals surface area contributed by atoms with Crippen LogP contribution in [0.3, 0.4) is 0 Å². The maximum absolute atomic E-state index is 14.4. The maximum Gasteiger partial charge on any atom is 0.433 e. The Morgan fingerprint density at radius 2 is 1.81 bits per heavy atom. The average Bonchev–Trinajstić information content (AvgIpc) is 2.81. The summed E-state index contributed by atoms with van der Waals surface area (Å²) in [5, 5.41) is 2.73. The van der Waals surface area contributed by atoms with Gasteiger partial charge in [-0.3, -0.25) is 4.79 Å². The Morgan fingerprint density at radius 1 is 1.11 bits per heavy atom. The molecule has 1 amide bonds. The van der Waals surface area contributed by atoms with E-state index in [0.29, 0.717) is 23.2 Å². The zero-order chi connectivity index (χ0) is 26.5. The van der Waals surface area contributed by atoms with Gasteiger partial charge < -0.3 is 5.32 Å². The van der Waals surface area contributed by atoms with E-state index in [9.17, 15) is 30.8 Å². The van der Waals surface area contributed by atoms with Gasteiger partial charge in [0.2, 0.25) is 15.9 Å². The van der Waals surface area contributed by atoms with Gasteiger partial charge in [0.25, 0.3) is 0 Å². The highest BCUT2D eigenvalue weighted by atomic mass is 32.2. The molecule has 1 aliphatic carbocycles. The number of aromatic nitrogens is 1. The number of carbonyl (C=O) groups excluding carboxylic acids is 1. The van der Waals surface area contributed by atoms with Gasteiger partial charge in [0.1, 0.15) is 11.5 Å². The molecule has 36 heavy (non-hydrogen) atoms. The molecular weight excluding hydrogens is 498 g/mol. The first kappa shape index (κ1) is 28.0. The van der Waals surface area contributed by atoms with Crippen LogP contribution >= 0.6 is 0 Å². The van der Waals surface area contributed by atoms with Gasteiger partial charge in [-0.25, -0.2) is 22.5 Å². The van der Waals surface area contributed by atoms with Crippen molar-refractivity contribution in [1.82, 2.24) is 15.0 Å². The predicted molar refractivity (Wildman–Crippen MR) is 128 cm³/mol. The van der Waals surface area contributed by atoms with Crippen molar-refractivity contribution < 1.29 is 30.8 Å². The van der Waals surface area contributed by atoms with E-state index in [1.807, 2.05) is 0 Å².